The summed E-state index contributed by atoms with van der Waals surface area (Å²) in [4.78, 5) is 2.44. The minimum atomic E-state index is 0.0754. The van der Waals surface area contributed by atoms with Crippen LogP contribution in [0.15, 0.2) is 48.5 Å². The molecular formula is C22H31NO2. The Hall–Kier alpha value is -2.00. The molecule has 0 heterocycles. The highest BCUT2D eigenvalue weighted by atomic mass is 16.5. The number of rotatable bonds is 8. The molecule has 136 valence electrons. The summed E-state index contributed by atoms with van der Waals surface area (Å²) in [7, 11) is 0. The van der Waals surface area contributed by atoms with Crippen molar-refractivity contribution in [2.75, 3.05) is 6.54 Å². The number of nitrogens with zero attached hydrogens (tertiary/aromatic N) is 1. The van der Waals surface area contributed by atoms with Crippen molar-refractivity contribution in [3.05, 3.63) is 54.1 Å². The van der Waals surface area contributed by atoms with Gasteiger partial charge in [0.1, 0.15) is 11.9 Å². The summed E-state index contributed by atoms with van der Waals surface area (Å²) in [6, 6.07) is 16.9. The molecule has 1 atom stereocenters. The van der Waals surface area contributed by atoms with Gasteiger partial charge in [0, 0.05) is 18.6 Å². The van der Waals surface area contributed by atoms with Gasteiger partial charge in [-0.2, -0.15) is 0 Å². The third kappa shape index (κ3) is 5.50. The molecule has 2 aromatic carbocycles. The first kappa shape index (κ1) is 19.3. The second kappa shape index (κ2) is 8.91. The van der Waals surface area contributed by atoms with Gasteiger partial charge in [-0.15, -0.1) is 0 Å². The van der Waals surface area contributed by atoms with E-state index < -0.39 is 0 Å². The van der Waals surface area contributed by atoms with Crippen LogP contribution in [0.4, 0.5) is 0 Å². The molecule has 0 saturated heterocycles. The molecule has 0 bridgehead atoms. The van der Waals surface area contributed by atoms with Crippen LogP contribution < -0.4 is 9.47 Å². The predicted octanol–water partition coefficient (Wildman–Crippen LogP) is 5.67. The Morgan fingerprint density at radius 2 is 1.28 bits per heavy atom. The van der Waals surface area contributed by atoms with Crippen molar-refractivity contribution < 1.29 is 9.47 Å². The van der Waals surface area contributed by atoms with Crippen molar-refractivity contribution in [2.45, 2.75) is 59.7 Å². The van der Waals surface area contributed by atoms with Crippen LogP contribution in [-0.4, -0.2) is 29.6 Å². The molecule has 0 spiro atoms. The third-order valence-electron chi connectivity index (χ3n) is 4.29. The first-order chi connectivity index (χ1) is 11.9. The zero-order valence-electron chi connectivity index (χ0n) is 16.3. The fourth-order valence-corrected chi connectivity index (χ4v) is 2.99. The molecule has 0 aliphatic rings. The van der Waals surface area contributed by atoms with E-state index in [1.807, 2.05) is 55.5 Å². The lowest BCUT2D eigenvalue weighted by molar-refractivity contribution is 0.0981. The highest BCUT2D eigenvalue weighted by molar-refractivity contribution is 5.44. The van der Waals surface area contributed by atoms with Crippen LogP contribution in [0.3, 0.4) is 0 Å². The molecule has 0 radical (unpaired) electrons. The van der Waals surface area contributed by atoms with E-state index in [4.69, 9.17) is 9.47 Å². The summed E-state index contributed by atoms with van der Waals surface area (Å²) in [5.41, 5.74) is 1.11. The zero-order valence-corrected chi connectivity index (χ0v) is 16.3. The summed E-state index contributed by atoms with van der Waals surface area (Å²) >= 11 is 0. The number of hydrogen-bond donors (Lipinski definition) is 0. The Labute approximate surface area is 152 Å². The van der Waals surface area contributed by atoms with Gasteiger partial charge >= 0.3 is 0 Å². The Balaban J connectivity index is 2.11. The molecule has 3 heteroatoms. The van der Waals surface area contributed by atoms with Crippen LogP contribution in [0, 0.1) is 6.92 Å². The van der Waals surface area contributed by atoms with E-state index in [1.165, 1.54) is 0 Å². The normalized spacial score (nSPS) is 12.7. The average Bonchev–Trinajstić information content (AvgIpc) is 2.56. The van der Waals surface area contributed by atoms with Crippen molar-refractivity contribution in [2.24, 2.45) is 0 Å². The van der Waals surface area contributed by atoms with Gasteiger partial charge in [0.05, 0.1) is 0 Å². The van der Waals surface area contributed by atoms with Gasteiger partial charge in [0.25, 0.3) is 0 Å². The van der Waals surface area contributed by atoms with Crippen molar-refractivity contribution in [1.82, 2.24) is 4.90 Å². The van der Waals surface area contributed by atoms with Gasteiger partial charge in [-0.1, -0.05) is 30.3 Å². The van der Waals surface area contributed by atoms with Gasteiger partial charge in [0.2, 0.25) is 0 Å². The van der Waals surface area contributed by atoms with Gasteiger partial charge in [-0.05, 0) is 65.3 Å². The van der Waals surface area contributed by atoms with E-state index in [0.717, 1.165) is 29.4 Å². The van der Waals surface area contributed by atoms with Crippen molar-refractivity contribution >= 4 is 0 Å². The predicted molar refractivity (Wildman–Crippen MR) is 105 cm³/mol. The summed E-state index contributed by atoms with van der Waals surface area (Å²) in [6.07, 6.45) is 0.0754. The molecule has 1 unspecified atom stereocenters. The number of hydrogen-bond acceptors (Lipinski definition) is 3. The first-order valence-electron chi connectivity index (χ1n) is 9.13. The highest BCUT2D eigenvalue weighted by Crippen LogP contribution is 2.33. The lowest BCUT2D eigenvalue weighted by Crippen LogP contribution is -2.42. The van der Waals surface area contributed by atoms with Gasteiger partial charge in [-0.25, -0.2) is 0 Å². The maximum Gasteiger partial charge on any atom is 0.169 e. The average molecular weight is 341 g/mol. The number of ether oxygens (including phenoxy) is 2. The molecule has 0 saturated carbocycles. The third-order valence-corrected chi connectivity index (χ3v) is 4.29. The maximum absolute atomic E-state index is 6.22. The highest BCUT2D eigenvalue weighted by Gasteiger charge is 2.18. The van der Waals surface area contributed by atoms with Crippen LogP contribution in [0.25, 0.3) is 0 Å². The molecule has 25 heavy (non-hydrogen) atoms. The lowest BCUT2D eigenvalue weighted by Gasteiger charge is -2.33. The molecule has 0 N–H and O–H groups in total. The molecule has 2 rings (SSSR count). The van der Waals surface area contributed by atoms with E-state index in [2.05, 4.69) is 39.5 Å². The molecule has 0 amide bonds. The SMILES string of the molecule is Cc1ccccc1Oc1ccccc1OC(C)CN(C(C)C)C(C)C. The summed E-state index contributed by atoms with van der Waals surface area (Å²) in [5, 5.41) is 0. The van der Waals surface area contributed by atoms with Crippen LogP contribution in [0.5, 0.6) is 17.2 Å². The van der Waals surface area contributed by atoms with E-state index in [1.54, 1.807) is 0 Å². The van der Waals surface area contributed by atoms with Crippen molar-refractivity contribution in [3.63, 3.8) is 0 Å². The molecule has 3 nitrogen and oxygen atoms in total. The van der Waals surface area contributed by atoms with Crippen LogP contribution in [0.1, 0.15) is 40.2 Å². The van der Waals surface area contributed by atoms with E-state index in [9.17, 15) is 0 Å². The first-order valence-corrected chi connectivity index (χ1v) is 9.13. The molecule has 0 aliphatic heterocycles. The van der Waals surface area contributed by atoms with Gasteiger partial charge in [-0.3, -0.25) is 4.90 Å². The molecule has 0 aliphatic carbocycles. The minimum absolute atomic E-state index is 0.0754. The monoisotopic (exact) mass is 341 g/mol. The fraction of sp³-hybridized carbons (Fsp3) is 0.455. The Kier molecular flexibility index (Phi) is 6.89. The summed E-state index contributed by atoms with van der Waals surface area (Å²) in [5.74, 6) is 2.40. The Morgan fingerprint density at radius 3 is 1.84 bits per heavy atom. The molecule has 0 fully saturated rings. The van der Waals surface area contributed by atoms with Crippen molar-refractivity contribution in [1.29, 1.82) is 0 Å². The van der Waals surface area contributed by atoms with Crippen LogP contribution in [0.2, 0.25) is 0 Å². The molecular weight excluding hydrogens is 310 g/mol. The molecule has 0 aromatic heterocycles. The topological polar surface area (TPSA) is 21.7 Å². The quantitative estimate of drug-likeness (QED) is 0.617. The Bertz CT molecular complexity index is 659. The lowest BCUT2D eigenvalue weighted by atomic mass is 10.2. The number of aryl methyl sites for hydroxylation is 1. The van der Waals surface area contributed by atoms with Gasteiger partial charge in [0.15, 0.2) is 11.5 Å². The summed E-state index contributed by atoms with van der Waals surface area (Å²) < 4.78 is 12.3. The summed E-state index contributed by atoms with van der Waals surface area (Å²) in [6.45, 7) is 13.9. The molecule has 2 aromatic rings. The Morgan fingerprint density at radius 1 is 0.760 bits per heavy atom. The minimum Gasteiger partial charge on any atom is -0.485 e. The number of benzene rings is 2. The zero-order chi connectivity index (χ0) is 18.4. The maximum atomic E-state index is 6.22. The van der Waals surface area contributed by atoms with E-state index in [-0.39, 0.29) is 6.10 Å². The largest absolute Gasteiger partial charge is 0.485 e. The van der Waals surface area contributed by atoms with Crippen LogP contribution in [-0.2, 0) is 0 Å². The standard InChI is InChI=1S/C22H31NO2/c1-16(2)23(17(3)4)15-19(6)24-21-13-9-10-14-22(21)25-20-12-8-7-11-18(20)5/h7-14,16-17,19H,15H2,1-6H3. The smallest absolute Gasteiger partial charge is 0.169 e. The fourth-order valence-electron chi connectivity index (χ4n) is 2.99. The van der Waals surface area contributed by atoms with E-state index >= 15 is 0 Å². The van der Waals surface area contributed by atoms with Gasteiger partial charge < -0.3 is 9.47 Å². The van der Waals surface area contributed by atoms with Crippen molar-refractivity contribution in [3.8, 4) is 17.2 Å². The van der Waals surface area contributed by atoms with E-state index in [0.29, 0.717) is 12.1 Å². The number of para-hydroxylation sites is 3. The second-order valence-electron chi connectivity index (χ2n) is 7.13. The second-order valence-corrected chi connectivity index (χ2v) is 7.13. The van der Waals surface area contributed by atoms with Crippen LogP contribution >= 0.6 is 0 Å².